The summed E-state index contributed by atoms with van der Waals surface area (Å²) in [5, 5.41) is 2.10. The number of amides is 1. The number of benzene rings is 2. The fourth-order valence-corrected chi connectivity index (χ4v) is 4.52. The maximum atomic E-state index is 11.9. The number of ether oxygens (including phenoxy) is 1. The SMILES string of the molecule is Cc1ccc(Oc2ccc3c(c2)CCC3C2=CS(=O)NC2=O)c(Cl)c1. The summed E-state index contributed by atoms with van der Waals surface area (Å²) in [7, 11) is -1.39. The third kappa shape index (κ3) is 3.10. The summed E-state index contributed by atoms with van der Waals surface area (Å²) in [6.07, 6.45) is 1.69. The van der Waals surface area contributed by atoms with Crippen LogP contribution in [0, 0.1) is 6.92 Å². The second-order valence-electron chi connectivity index (χ2n) is 6.29. The Labute approximate surface area is 153 Å². The second kappa shape index (κ2) is 6.32. The van der Waals surface area contributed by atoms with Crippen LogP contribution in [0.25, 0.3) is 0 Å². The third-order valence-corrected chi connectivity index (χ3v) is 5.72. The first-order valence-electron chi connectivity index (χ1n) is 8.01. The molecular weight excluding hydrogens is 358 g/mol. The summed E-state index contributed by atoms with van der Waals surface area (Å²) in [5.74, 6) is 1.11. The molecule has 0 spiro atoms. The molecule has 0 radical (unpaired) electrons. The summed E-state index contributed by atoms with van der Waals surface area (Å²) in [5.41, 5.74) is 3.93. The lowest BCUT2D eigenvalue weighted by molar-refractivity contribution is -0.115. The molecular formula is C19H16ClNO3S. The van der Waals surface area contributed by atoms with Gasteiger partial charge in [0.1, 0.15) is 22.5 Å². The van der Waals surface area contributed by atoms with Crippen molar-refractivity contribution in [3.63, 3.8) is 0 Å². The Morgan fingerprint density at radius 2 is 2.08 bits per heavy atom. The van der Waals surface area contributed by atoms with Crippen molar-refractivity contribution >= 4 is 28.5 Å². The topological polar surface area (TPSA) is 55.4 Å². The monoisotopic (exact) mass is 373 g/mol. The van der Waals surface area contributed by atoms with Gasteiger partial charge >= 0.3 is 0 Å². The number of nitrogens with one attached hydrogen (secondary N) is 1. The van der Waals surface area contributed by atoms with Crippen LogP contribution >= 0.6 is 11.6 Å². The van der Waals surface area contributed by atoms with Gasteiger partial charge in [-0.25, -0.2) is 4.21 Å². The van der Waals surface area contributed by atoms with Gasteiger partial charge in [0.2, 0.25) is 0 Å². The highest BCUT2D eigenvalue weighted by Gasteiger charge is 2.33. The van der Waals surface area contributed by atoms with Gasteiger partial charge in [0, 0.05) is 16.9 Å². The van der Waals surface area contributed by atoms with Crippen LogP contribution in [0.2, 0.25) is 5.02 Å². The maximum absolute atomic E-state index is 11.9. The van der Waals surface area contributed by atoms with Crippen molar-refractivity contribution < 1.29 is 13.7 Å². The van der Waals surface area contributed by atoms with Crippen molar-refractivity contribution in [1.29, 1.82) is 0 Å². The van der Waals surface area contributed by atoms with E-state index in [9.17, 15) is 9.00 Å². The first kappa shape index (κ1) is 16.4. The maximum Gasteiger partial charge on any atom is 0.260 e. The second-order valence-corrected chi connectivity index (χ2v) is 7.73. The first-order valence-corrected chi connectivity index (χ1v) is 9.60. The average molecular weight is 374 g/mol. The fraction of sp³-hybridized carbons (Fsp3) is 0.211. The summed E-state index contributed by atoms with van der Waals surface area (Å²) in [4.78, 5) is 11.9. The van der Waals surface area contributed by atoms with E-state index in [0.29, 0.717) is 16.3 Å². The molecule has 128 valence electrons. The summed E-state index contributed by atoms with van der Waals surface area (Å²) < 4.78 is 19.9. The number of halogens is 1. The van der Waals surface area contributed by atoms with E-state index in [4.69, 9.17) is 16.3 Å². The average Bonchev–Trinajstić information content (AvgIpc) is 3.12. The number of fused-ring (bicyclic) bond motifs is 1. The molecule has 1 aliphatic heterocycles. The Morgan fingerprint density at radius 1 is 1.24 bits per heavy atom. The molecule has 0 fully saturated rings. The molecule has 0 bridgehead atoms. The van der Waals surface area contributed by atoms with Gasteiger partial charge in [-0.1, -0.05) is 23.7 Å². The van der Waals surface area contributed by atoms with E-state index in [1.807, 2.05) is 43.3 Å². The van der Waals surface area contributed by atoms with E-state index < -0.39 is 11.0 Å². The minimum Gasteiger partial charge on any atom is -0.456 e. The zero-order valence-corrected chi connectivity index (χ0v) is 15.1. The molecule has 4 rings (SSSR count). The molecule has 0 aromatic heterocycles. The Balaban J connectivity index is 1.60. The van der Waals surface area contributed by atoms with Crippen molar-refractivity contribution in [1.82, 2.24) is 4.72 Å². The van der Waals surface area contributed by atoms with Crippen LogP contribution in [-0.2, 0) is 22.2 Å². The Hall–Kier alpha value is -2.11. The molecule has 1 heterocycles. The van der Waals surface area contributed by atoms with Crippen molar-refractivity contribution in [2.45, 2.75) is 25.7 Å². The Bertz CT molecular complexity index is 938. The minimum atomic E-state index is -1.39. The van der Waals surface area contributed by atoms with E-state index in [2.05, 4.69) is 4.72 Å². The van der Waals surface area contributed by atoms with Gasteiger partial charge in [0.15, 0.2) is 0 Å². The molecule has 2 atom stereocenters. The number of hydrogen-bond donors (Lipinski definition) is 1. The van der Waals surface area contributed by atoms with Crippen LogP contribution in [0.4, 0.5) is 0 Å². The lowest BCUT2D eigenvalue weighted by atomic mass is 9.93. The molecule has 1 aliphatic carbocycles. The molecule has 1 amide bonds. The standard InChI is InChI=1S/C19H16ClNO3S/c1-11-2-7-18(17(20)8-11)24-13-4-6-14-12(9-13)3-5-15(14)16-10-25(23)21-19(16)22/h2,4,6-10,15H,3,5H2,1H3,(H,21,22). The summed E-state index contributed by atoms with van der Waals surface area (Å²) in [6.45, 7) is 1.98. The van der Waals surface area contributed by atoms with Gasteiger partial charge in [0.05, 0.1) is 5.02 Å². The van der Waals surface area contributed by atoms with Gasteiger partial charge in [0.25, 0.3) is 5.91 Å². The summed E-state index contributed by atoms with van der Waals surface area (Å²) >= 11 is 6.23. The van der Waals surface area contributed by atoms with Crippen LogP contribution in [-0.4, -0.2) is 10.1 Å². The van der Waals surface area contributed by atoms with Crippen LogP contribution in [0.1, 0.15) is 29.0 Å². The van der Waals surface area contributed by atoms with Crippen molar-refractivity contribution in [3.05, 3.63) is 69.1 Å². The molecule has 2 aliphatic rings. The largest absolute Gasteiger partial charge is 0.456 e. The van der Waals surface area contributed by atoms with Crippen LogP contribution < -0.4 is 9.46 Å². The van der Waals surface area contributed by atoms with Crippen LogP contribution in [0.15, 0.2) is 47.4 Å². The molecule has 0 saturated heterocycles. The Kier molecular flexibility index (Phi) is 4.13. The number of carbonyl (C=O) groups excluding carboxylic acids is 1. The Morgan fingerprint density at radius 3 is 2.80 bits per heavy atom. The van der Waals surface area contributed by atoms with E-state index in [0.717, 1.165) is 35.3 Å². The van der Waals surface area contributed by atoms with E-state index in [-0.39, 0.29) is 11.8 Å². The van der Waals surface area contributed by atoms with E-state index in [1.165, 1.54) is 5.41 Å². The normalized spacial score (nSPS) is 21.7. The van der Waals surface area contributed by atoms with Gasteiger partial charge in [-0.3, -0.25) is 9.52 Å². The van der Waals surface area contributed by atoms with Crippen molar-refractivity contribution in [2.24, 2.45) is 0 Å². The quantitative estimate of drug-likeness (QED) is 0.879. The van der Waals surface area contributed by atoms with Crippen LogP contribution in [0.5, 0.6) is 11.5 Å². The van der Waals surface area contributed by atoms with Crippen molar-refractivity contribution in [2.75, 3.05) is 0 Å². The van der Waals surface area contributed by atoms with Gasteiger partial charge in [-0.2, -0.15) is 0 Å². The highest BCUT2D eigenvalue weighted by atomic mass is 35.5. The number of rotatable bonds is 3. The van der Waals surface area contributed by atoms with Gasteiger partial charge in [-0.15, -0.1) is 0 Å². The lowest BCUT2D eigenvalue weighted by Gasteiger charge is -2.13. The zero-order chi connectivity index (χ0) is 17.6. The van der Waals surface area contributed by atoms with Crippen molar-refractivity contribution in [3.8, 4) is 11.5 Å². The fourth-order valence-electron chi connectivity index (χ4n) is 3.39. The highest BCUT2D eigenvalue weighted by molar-refractivity contribution is 7.87. The first-order chi connectivity index (χ1) is 12.0. The minimum absolute atomic E-state index is 0.00142. The third-order valence-electron chi connectivity index (χ3n) is 4.57. The number of aryl methyl sites for hydroxylation is 2. The van der Waals surface area contributed by atoms with E-state index in [1.54, 1.807) is 0 Å². The molecule has 4 nitrogen and oxygen atoms in total. The zero-order valence-electron chi connectivity index (χ0n) is 13.5. The molecule has 0 saturated carbocycles. The van der Waals surface area contributed by atoms with Crippen LogP contribution in [0.3, 0.4) is 0 Å². The molecule has 2 aromatic rings. The predicted octanol–water partition coefficient (Wildman–Crippen LogP) is 4.15. The van der Waals surface area contributed by atoms with E-state index >= 15 is 0 Å². The lowest BCUT2D eigenvalue weighted by Crippen LogP contribution is -2.20. The molecule has 2 unspecified atom stereocenters. The number of hydrogen-bond acceptors (Lipinski definition) is 3. The highest BCUT2D eigenvalue weighted by Crippen LogP contribution is 2.41. The predicted molar refractivity (Wildman–Crippen MR) is 98.1 cm³/mol. The van der Waals surface area contributed by atoms with Gasteiger partial charge < -0.3 is 4.74 Å². The number of carbonyl (C=O) groups is 1. The molecule has 25 heavy (non-hydrogen) atoms. The molecule has 1 N–H and O–H groups in total. The smallest absolute Gasteiger partial charge is 0.260 e. The summed E-state index contributed by atoms with van der Waals surface area (Å²) in [6, 6.07) is 11.5. The molecule has 2 aromatic carbocycles. The van der Waals surface area contributed by atoms with Gasteiger partial charge in [-0.05, 0) is 60.7 Å². The molecule has 6 heteroatoms.